The minimum Gasteiger partial charge on any atom is -0.340 e. The number of para-hydroxylation sites is 2. The number of benzene rings is 6. The maximum Gasteiger partial charge on any atom is 0.0991 e. The molecule has 0 saturated heterocycles. The van der Waals surface area contributed by atoms with Gasteiger partial charge in [-0.05, 0) is 106 Å². The second-order valence-corrected chi connectivity index (χ2v) is 9.57. The Morgan fingerprint density at radius 1 is 0.692 bits per heavy atom. The van der Waals surface area contributed by atoms with Crippen LogP contribution in [0.25, 0.3) is 43.8 Å². The fourth-order valence-corrected chi connectivity index (χ4v) is 5.33. The van der Waals surface area contributed by atoms with Crippen molar-refractivity contribution in [2.45, 2.75) is 6.92 Å². The number of nitriles is 1. The average molecular weight is 502 g/mol. The first-order chi connectivity index (χ1) is 19.2. The summed E-state index contributed by atoms with van der Waals surface area (Å²) in [4.78, 5) is 6.51. The maximum absolute atomic E-state index is 9.19. The quantitative estimate of drug-likeness (QED) is 0.213. The van der Waals surface area contributed by atoms with Gasteiger partial charge in [-0.25, -0.2) is 0 Å². The number of hydrogen-bond donors (Lipinski definition) is 0. The third kappa shape index (κ3) is 4.54. The van der Waals surface area contributed by atoms with Crippen molar-refractivity contribution in [3.05, 3.63) is 127 Å². The zero-order chi connectivity index (χ0) is 26.8. The fraction of sp³-hybridized carbons (Fsp3) is 0.0556. The zero-order valence-corrected chi connectivity index (χ0v) is 21.8. The van der Waals surface area contributed by atoms with Crippen molar-refractivity contribution in [1.82, 2.24) is 0 Å². The fourth-order valence-electron chi connectivity index (χ4n) is 5.33. The van der Waals surface area contributed by atoms with Gasteiger partial charge < -0.3 is 4.90 Å². The van der Waals surface area contributed by atoms with Crippen molar-refractivity contribution in [1.29, 1.82) is 5.26 Å². The van der Waals surface area contributed by atoms with Gasteiger partial charge in [0.1, 0.15) is 0 Å². The standard InChI is InChI=1S/C36H27N3/c1-3-39(36-10-5-4-9-35(36)38-2)32-20-19-26-15-17-29(21-31(26)22-32)30-18-16-27-7-6-8-33(34(27)23-30)28-13-11-25(24-37)12-14-28/h4-23H,2-3H2,1H3. The molecule has 0 fully saturated rings. The zero-order valence-electron chi connectivity index (χ0n) is 21.8. The van der Waals surface area contributed by atoms with Gasteiger partial charge in [0, 0.05) is 12.2 Å². The molecule has 0 atom stereocenters. The molecule has 0 amide bonds. The van der Waals surface area contributed by atoms with E-state index in [0.717, 1.165) is 34.7 Å². The third-order valence-corrected chi connectivity index (χ3v) is 7.34. The van der Waals surface area contributed by atoms with Gasteiger partial charge in [-0.1, -0.05) is 72.8 Å². The lowest BCUT2D eigenvalue weighted by Gasteiger charge is -2.25. The molecule has 0 radical (unpaired) electrons. The van der Waals surface area contributed by atoms with E-state index in [-0.39, 0.29) is 0 Å². The molecule has 6 aromatic rings. The highest BCUT2D eigenvalue weighted by Crippen LogP contribution is 2.37. The Morgan fingerprint density at radius 2 is 1.41 bits per heavy atom. The van der Waals surface area contributed by atoms with Gasteiger partial charge in [0.15, 0.2) is 0 Å². The largest absolute Gasteiger partial charge is 0.340 e. The second kappa shape index (κ2) is 10.3. The maximum atomic E-state index is 9.19. The summed E-state index contributed by atoms with van der Waals surface area (Å²) in [5, 5.41) is 14.0. The molecular formula is C36H27N3. The van der Waals surface area contributed by atoms with E-state index in [1.165, 1.54) is 32.7 Å². The molecule has 0 N–H and O–H groups in total. The summed E-state index contributed by atoms with van der Waals surface area (Å²) in [6, 6.07) is 44.5. The van der Waals surface area contributed by atoms with Gasteiger partial charge in [-0.3, -0.25) is 4.99 Å². The van der Waals surface area contributed by atoms with E-state index >= 15 is 0 Å². The molecule has 3 nitrogen and oxygen atoms in total. The molecule has 0 spiro atoms. The van der Waals surface area contributed by atoms with Crippen molar-refractivity contribution >= 4 is 45.3 Å². The van der Waals surface area contributed by atoms with Crippen LogP contribution >= 0.6 is 0 Å². The van der Waals surface area contributed by atoms with E-state index in [0.29, 0.717) is 5.56 Å². The van der Waals surface area contributed by atoms with Gasteiger partial charge >= 0.3 is 0 Å². The van der Waals surface area contributed by atoms with E-state index in [1.807, 2.05) is 42.5 Å². The molecule has 0 aliphatic heterocycles. The number of nitrogens with zero attached hydrogens (tertiary/aromatic N) is 3. The van der Waals surface area contributed by atoms with Crippen LogP contribution in [0.3, 0.4) is 0 Å². The normalized spacial score (nSPS) is 10.9. The number of aliphatic imine (C=N–C) groups is 1. The van der Waals surface area contributed by atoms with Crippen LogP contribution in [0.15, 0.2) is 126 Å². The van der Waals surface area contributed by atoms with Crippen LogP contribution in [-0.4, -0.2) is 13.3 Å². The van der Waals surface area contributed by atoms with Gasteiger partial charge in [0.25, 0.3) is 0 Å². The minimum atomic E-state index is 0.668. The summed E-state index contributed by atoms with van der Waals surface area (Å²) < 4.78 is 0. The summed E-state index contributed by atoms with van der Waals surface area (Å²) in [6.45, 7) is 6.74. The SMILES string of the molecule is C=Nc1ccccc1N(CC)c1ccc2ccc(-c3ccc4cccc(-c5ccc(C#N)cc5)c4c3)cc2c1. The molecule has 6 rings (SSSR count). The van der Waals surface area contributed by atoms with Crippen LogP contribution in [0.2, 0.25) is 0 Å². The Morgan fingerprint density at radius 3 is 2.18 bits per heavy atom. The molecule has 0 bridgehead atoms. The van der Waals surface area contributed by atoms with Gasteiger partial charge in [0.05, 0.1) is 23.0 Å². The lowest BCUT2D eigenvalue weighted by atomic mass is 9.93. The van der Waals surface area contributed by atoms with E-state index in [2.05, 4.69) is 108 Å². The van der Waals surface area contributed by atoms with Crippen molar-refractivity contribution in [2.75, 3.05) is 11.4 Å². The Bertz CT molecular complexity index is 1880. The highest BCUT2D eigenvalue weighted by Gasteiger charge is 2.12. The topological polar surface area (TPSA) is 39.4 Å². The predicted octanol–water partition coefficient (Wildman–Crippen LogP) is 9.69. The summed E-state index contributed by atoms with van der Waals surface area (Å²) in [7, 11) is 0. The minimum absolute atomic E-state index is 0.668. The summed E-state index contributed by atoms with van der Waals surface area (Å²) in [5.74, 6) is 0. The first-order valence-electron chi connectivity index (χ1n) is 13.1. The second-order valence-electron chi connectivity index (χ2n) is 9.57. The van der Waals surface area contributed by atoms with E-state index < -0.39 is 0 Å². The number of fused-ring (bicyclic) bond motifs is 2. The van der Waals surface area contributed by atoms with Crippen LogP contribution in [0.5, 0.6) is 0 Å². The summed E-state index contributed by atoms with van der Waals surface area (Å²) in [6.07, 6.45) is 0. The van der Waals surface area contributed by atoms with Crippen molar-refractivity contribution in [3.63, 3.8) is 0 Å². The molecule has 0 aliphatic rings. The molecule has 186 valence electrons. The average Bonchev–Trinajstić information content (AvgIpc) is 3.01. The molecule has 6 aromatic carbocycles. The molecule has 0 heterocycles. The smallest absolute Gasteiger partial charge is 0.0991 e. The predicted molar refractivity (Wildman–Crippen MR) is 165 cm³/mol. The Labute approximate surface area is 228 Å². The Kier molecular flexibility index (Phi) is 6.37. The van der Waals surface area contributed by atoms with E-state index in [9.17, 15) is 5.26 Å². The summed E-state index contributed by atoms with van der Waals surface area (Å²) in [5.41, 5.74) is 8.33. The molecule has 0 aromatic heterocycles. The first-order valence-corrected chi connectivity index (χ1v) is 13.1. The van der Waals surface area contributed by atoms with Gasteiger partial charge in [-0.15, -0.1) is 0 Å². The number of hydrogen-bond acceptors (Lipinski definition) is 3. The van der Waals surface area contributed by atoms with Crippen molar-refractivity contribution in [2.24, 2.45) is 4.99 Å². The van der Waals surface area contributed by atoms with Crippen LogP contribution < -0.4 is 4.90 Å². The van der Waals surface area contributed by atoms with Crippen molar-refractivity contribution in [3.8, 4) is 28.3 Å². The monoisotopic (exact) mass is 501 g/mol. The molecule has 39 heavy (non-hydrogen) atoms. The van der Waals surface area contributed by atoms with E-state index in [4.69, 9.17) is 0 Å². The highest BCUT2D eigenvalue weighted by atomic mass is 15.1. The molecule has 0 aliphatic carbocycles. The Balaban J connectivity index is 1.43. The lowest BCUT2D eigenvalue weighted by Crippen LogP contribution is -2.16. The molecule has 3 heteroatoms. The summed E-state index contributed by atoms with van der Waals surface area (Å²) >= 11 is 0. The Hall–Kier alpha value is -5.20. The first kappa shape index (κ1) is 24.2. The number of anilines is 2. The van der Waals surface area contributed by atoms with Gasteiger partial charge in [-0.2, -0.15) is 5.26 Å². The van der Waals surface area contributed by atoms with Gasteiger partial charge in [0.2, 0.25) is 0 Å². The third-order valence-electron chi connectivity index (χ3n) is 7.34. The lowest BCUT2D eigenvalue weighted by molar-refractivity contribution is 1.02. The van der Waals surface area contributed by atoms with Crippen LogP contribution in [0.4, 0.5) is 17.1 Å². The molecular weight excluding hydrogens is 474 g/mol. The van der Waals surface area contributed by atoms with E-state index in [1.54, 1.807) is 0 Å². The van der Waals surface area contributed by atoms with Crippen LogP contribution in [0.1, 0.15) is 12.5 Å². The van der Waals surface area contributed by atoms with Crippen molar-refractivity contribution < 1.29 is 0 Å². The highest BCUT2D eigenvalue weighted by molar-refractivity contribution is 6.00. The van der Waals surface area contributed by atoms with Crippen LogP contribution in [-0.2, 0) is 0 Å². The number of rotatable bonds is 6. The molecule has 0 unspecified atom stereocenters. The van der Waals surface area contributed by atoms with Crippen LogP contribution in [0, 0.1) is 11.3 Å². The molecule has 0 saturated carbocycles.